The number of pyridine rings is 2. The number of hydrogen-bond donors (Lipinski definition) is 2. The van der Waals surface area contributed by atoms with E-state index in [1.807, 2.05) is 0 Å². The number of anilines is 5. The van der Waals surface area contributed by atoms with E-state index < -0.39 is 0 Å². The van der Waals surface area contributed by atoms with Crippen LogP contribution in [0.1, 0.15) is 56.5 Å². The van der Waals surface area contributed by atoms with Gasteiger partial charge in [-0.3, -0.25) is 0 Å². The highest BCUT2D eigenvalue weighted by atomic mass is 32.2. The van der Waals surface area contributed by atoms with Crippen LogP contribution in [-0.4, -0.2) is 44.0 Å². The van der Waals surface area contributed by atoms with Gasteiger partial charge in [0.1, 0.15) is 24.3 Å². The van der Waals surface area contributed by atoms with Gasteiger partial charge < -0.3 is 15.5 Å². The molecule has 0 aliphatic heterocycles. The number of hydrogen-bond acceptors (Lipinski definition) is 11. The van der Waals surface area contributed by atoms with Crippen LogP contribution in [0, 0.1) is 6.92 Å². The van der Waals surface area contributed by atoms with Gasteiger partial charge in [0.2, 0.25) is 0 Å². The Morgan fingerprint density at radius 3 is 1.31 bits per heavy atom. The first-order chi connectivity index (χ1) is 31.0. The number of benzene rings is 5. The number of rotatable bonds is 13. The first-order valence-electron chi connectivity index (χ1n) is 21.4. The molecule has 318 valence electrons. The summed E-state index contributed by atoms with van der Waals surface area (Å²) in [6, 6.07) is 47.4. The van der Waals surface area contributed by atoms with E-state index in [9.17, 15) is 0 Å². The number of nitrogens with zero attached hydrogens (tertiary/aromatic N) is 7. The van der Waals surface area contributed by atoms with Crippen molar-refractivity contribution < 1.29 is 0 Å². The highest BCUT2D eigenvalue weighted by Gasteiger charge is 2.16. The third-order valence-corrected chi connectivity index (χ3v) is 13.2. The van der Waals surface area contributed by atoms with Crippen molar-refractivity contribution in [1.29, 1.82) is 0 Å². The summed E-state index contributed by atoms with van der Waals surface area (Å²) in [4.78, 5) is 34.7. The van der Waals surface area contributed by atoms with Crippen LogP contribution in [0.25, 0.3) is 44.3 Å². The molecule has 0 spiro atoms. The van der Waals surface area contributed by atoms with Crippen molar-refractivity contribution in [3.63, 3.8) is 0 Å². The summed E-state index contributed by atoms with van der Waals surface area (Å²) < 4.78 is 0. The van der Waals surface area contributed by atoms with Gasteiger partial charge in [-0.1, -0.05) is 105 Å². The summed E-state index contributed by atoms with van der Waals surface area (Å²) in [5, 5.41) is 9.12. The number of fused-ring (bicyclic) bond motifs is 2. The zero-order chi connectivity index (χ0) is 44.3. The van der Waals surface area contributed by atoms with Crippen molar-refractivity contribution in [2.75, 3.05) is 29.6 Å². The van der Waals surface area contributed by atoms with Gasteiger partial charge in [0.05, 0.1) is 22.1 Å². The minimum absolute atomic E-state index is 0.295. The molecule has 0 bridgehead atoms. The Kier molecular flexibility index (Phi) is 12.3. The van der Waals surface area contributed by atoms with Crippen LogP contribution in [0.5, 0.6) is 0 Å². The van der Waals surface area contributed by atoms with Gasteiger partial charge in [-0.05, 0) is 126 Å². The first kappa shape index (κ1) is 42.5. The topological polar surface area (TPSA) is 105 Å². The average molecular weight is 876 g/mol. The summed E-state index contributed by atoms with van der Waals surface area (Å²) in [5.41, 5.74) is 12.0. The summed E-state index contributed by atoms with van der Waals surface area (Å²) in [7, 11) is 4.11. The normalized spacial score (nSPS) is 11.5. The Hall–Kier alpha value is -6.82. The molecule has 4 aromatic heterocycles. The minimum Gasteiger partial charge on any atom is -0.378 e. The van der Waals surface area contributed by atoms with Crippen LogP contribution in [-0.2, 0) is 0 Å². The summed E-state index contributed by atoms with van der Waals surface area (Å²) in [6.07, 6.45) is 3.17. The van der Waals surface area contributed by atoms with E-state index in [0.717, 1.165) is 81.1 Å². The zero-order valence-corrected chi connectivity index (χ0v) is 38.6. The second-order valence-electron chi connectivity index (χ2n) is 16.6. The monoisotopic (exact) mass is 875 g/mol. The van der Waals surface area contributed by atoms with E-state index in [2.05, 4.69) is 208 Å². The van der Waals surface area contributed by atoms with Crippen molar-refractivity contribution in [1.82, 2.24) is 29.9 Å². The maximum atomic E-state index is 4.85. The lowest BCUT2D eigenvalue weighted by Gasteiger charge is -2.16. The lowest BCUT2D eigenvalue weighted by molar-refractivity contribution is 0.827. The molecular weight excluding hydrogens is 827 g/mol. The largest absolute Gasteiger partial charge is 0.378 e. The Bertz CT molecular complexity index is 3100. The molecule has 2 N–H and O–H groups in total. The summed E-state index contributed by atoms with van der Waals surface area (Å²) in [5.74, 6) is 2.02. The van der Waals surface area contributed by atoms with Gasteiger partial charge in [-0.15, -0.1) is 0 Å². The summed E-state index contributed by atoms with van der Waals surface area (Å²) in [6.45, 7) is 10.7. The third kappa shape index (κ3) is 9.41. The van der Waals surface area contributed by atoms with Crippen LogP contribution in [0.4, 0.5) is 28.7 Å². The molecule has 0 radical (unpaired) electrons. The number of nitrogens with one attached hydrogen (secondary N) is 2. The van der Waals surface area contributed by atoms with E-state index in [1.54, 1.807) is 36.2 Å². The van der Waals surface area contributed by atoms with Gasteiger partial charge in [-0.2, -0.15) is 0 Å². The van der Waals surface area contributed by atoms with Crippen molar-refractivity contribution in [3.05, 3.63) is 163 Å². The van der Waals surface area contributed by atoms with E-state index in [1.165, 1.54) is 5.56 Å². The molecule has 0 amide bonds. The maximum Gasteiger partial charge on any atom is 0.164 e. The van der Waals surface area contributed by atoms with E-state index >= 15 is 0 Å². The Balaban J connectivity index is 1.05. The second kappa shape index (κ2) is 18.5. The summed E-state index contributed by atoms with van der Waals surface area (Å²) >= 11 is 3.44. The van der Waals surface area contributed by atoms with E-state index in [0.29, 0.717) is 34.8 Å². The van der Waals surface area contributed by atoms with Crippen molar-refractivity contribution in [2.45, 2.75) is 66.0 Å². The predicted molar refractivity (Wildman–Crippen MR) is 267 cm³/mol. The SMILES string of the molecule is Cc1ccc(Sc2ccc(-c3ccc(-c4ccc(Sc5ccc(N(C)C)cc5)c(Nc5ncnc6nc(C(C)C)ccc56)c4)cc3)cc2Nc2ncnc3nc(C(C)C)ccc23)cc1. The van der Waals surface area contributed by atoms with Crippen molar-refractivity contribution in [3.8, 4) is 22.3 Å². The molecular formula is C53H49N9S2. The molecule has 9 rings (SSSR count). The lowest BCUT2D eigenvalue weighted by Crippen LogP contribution is -2.07. The van der Waals surface area contributed by atoms with Crippen LogP contribution in [0.2, 0.25) is 0 Å². The fourth-order valence-electron chi connectivity index (χ4n) is 7.33. The molecule has 9 nitrogen and oxygen atoms in total. The average Bonchev–Trinajstić information content (AvgIpc) is 3.31. The van der Waals surface area contributed by atoms with Gasteiger partial charge in [-0.25, -0.2) is 29.9 Å². The van der Waals surface area contributed by atoms with Crippen molar-refractivity contribution in [2.24, 2.45) is 0 Å². The fraction of sp³-hybridized carbons (Fsp3) is 0.170. The zero-order valence-electron chi connectivity index (χ0n) is 37.0. The molecule has 9 aromatic rings. The molecule has 0 saturated heterocycles. The van der Waals surface area contributed by atoms with Crippen LogP contribution >= 0.6 is 23.5 Å². The molecule has 11 heteroatoms. The van der Waals surface area contributed by atoms with Gasteiger partial charge >= 0.3 is 0 Å². The Morgan fingerprint density at radius 2 is 0.891 bits per heavy atom. The quantitative estimate of drug-likeness (QED) is 0.116. The molecule has 5 aromatic carbocycles. The van der Waals surface area contributed by atoms with Crippen LogP contribution < -0.4 is 15.5 Å². The Morgan fingerprint density at radius 1 is 0.469 bits per heavy atom. The van der Waals surface area contributed by atoms with Crippen LogP contribution in [0.15, 0.2) is 166 Å². The lowest BCUT2D eigenvalue weighted by atomic mass is 9.99. The molecule has 4 heterocycles. The highest BCUT2D eigenvalue weighted by Crippen LogP contribution is 2.41. The molecule has 0 atom stereocenters. The molecule has 0 fully saturated rings. The fourth-order valence-corrected chi connectivity index (χ4v) is 9.10. The predicted octanol–water partition coefficient (Wildman–Crippen LogP) is 14.1. The molecule has 0 aliphatic carbocycles. The second-order valence-corrected chi connectivity index (χ2v) is 18.9. The number of aromatic nitrogens is 6. The smallest absolute Gasteiger partial charge is 0.164 e. The van der Waals surface area contributed by atoms with E-state index in [-0.39, 0.29) is 0 Å². The Labute approximate surface area is 383 Å². The molecule has 0 unspecified atom stereocenters. The van der Waals surface area contributed by atoms with Gasteiger partial charge in [0, 0.05) is 50.8 Å². The molecule has 0 saturated carbocycles. The highest BCUT2D eigenvalue weighted by molar-refractivity contribution is 7.99. The van der Waals surface area contributed by atoms with Crippen molar-refractivity contribution >= 4 is 74.3 Å². The number of aryl methyl sites for hydroxylation is 1. The van der Waals surface area contributed by atoms with Crippen LogP contribution in [0.3, 0.4) is 0 Å². The molecule has 0 aliphatic rings. The maximum absolute atomic E-state index is 4.85. The van der Waals surface area contributed by atoms with E-state index in [4.69, 9.17) is 19.9 Å². The third-order valence-electron chi connectivity index (χ3n) is 11.1. The standard InChI is InChI=1S/C53H49N9S2/c1-32(2)44-24-22-42-50(58-44)54-30-56-52(42)60-46-28-37(14-26-48(46)63-40-18-8-34(5)9-19-40)35-10-12-36(13-11-35)38-15-27-49(64-41-20-16-39(17-21-41)62(6)7)47(29-38)61-53-43-23-25-45(33(3)4)59-51(43)55-31-57-53/h8-33H,1-7H3,(H,54,56,58,60)(H,55,57,59,61). The molecule has 64 heavy (non-hydrogen) atoms. The first-order valence-corrected chi connectivity index (χ1v) is 23.0. The minimum atomic E-state index is 0.295. The van der Waals surface area contributed by atoms with Gasteiger partial charge in [0.15, 0.2) is 11.3 Å². The van der Waals surface area contributed by atoms with Gasteiger partial charge in [0.25, 0.3) is 0 Å².